The number of aryl methyl sites for hydroxylation is 1. The van der Waals surface area contributed by atoms with Gasteiger partial charge in [0.1, 0.15) is 5.82 Å². The van der Waals surface area contributed by atoms with Crippen LogP contribution in [0.1, 0.15) is 5.56 Å². The van der Waals surface area contributed by atoms with Crippen LogP contribution in [0.5, 0.6) is 0 Å². The maximum atomic E-state index is 13.8. The van der Waals surface area contributed by atoms with Crippen LogP contribution in [-0.4, -0.2) is 10.1 Å². The lowest BCUT2D eigenvalue weighted by atomic mass is 10.1. The van der Waals surface area contributed by atoms with Gasteiger partial charge in [-0.05, 0) is 30.7 Å². The molecule has 0 unspecified atom stereocenters. The summed E-state index contributed by atoms with van der Waals surface area (Å²) in [7, 11) is 0. The highest BCUT2D eigenvalue weighted by molar-refractivity contribution is 5.64. The molecule has 0 amide bonds. The molecular formula is C15H12FN3O. The van der Waals surface area contributed by atoms with Gasteiger partial charge in [-0.2, -0.15) is 4.98 Å². The molecule has 0 saturated carbocycles. The number of hydrogen-bond acceptors (Lipinski definition) is 4. The second kappa shape index (κ2) is 4.77. The average Bonchev–Trinajstić information content (AvgIpc) is 2.88. The molecule has 4 nitrogen and oxygen atoms in total. The summed E-state index contributed by atoms with van der Waals surface area (Å²) in [6.45, 7) is 1.95. The highest BCUT2D eigenvalue weighted by Gasteiger charge is 2.15. The van der Waals surface area contributed by atoms with Gasteiger partial charge in [0.25, 0.3) is 5.89 Å². The highest BCUT2D eigenvalue weighted by Crippen LogP contribution is 2.26. The lowest BCUT2D eigenvalue weighted by molar-refractivity contribution is 0.429. The summed E-state index contributed by atoms with van der Waals surface area (Å²) >= 11 is 0. The molecule has 0 atom stereocenters. The van der Waals surface area contributed by atoms with Gasteiger partial charge in [-0.3, -0.25) is 0 Å². The van der Waals surface area contributed by atoms with Gasteiger partial charge >= 0.3 is 0 Å². The molecular weight excluding hydrogens is 257 g/mol. The Hall–Kier alpha value is -2.69. The predicted octanol–water partition coefficient (Wildman–Crippen LogP) is 3.43. The number of halogens is 1. The minimum absolute atomic E-state index is 0.140. The van der Waals surface area contributed by atoms with Crippen LogP contribution in [0.25, 0.3) is 22.8 Å². The Morgan fingerprint density at radius 3 is 2.65 bits per heavy atom. The van der Waals surface area contributed by atoms with E-state index in [-0.39, 0.29) is 11.5 Å². The fraction of sp³-hybridized carbons (Fsp3) is 0.0667. The molecule has 5 heteroatoms. The van der Waals surface area contributed by atoms with Crippen molar-refractivity contribution in [1.82, 2.24) is 10.1 Å². The van der Waals surface area contributed by atoms with E-state index in [4.69, 9.17) is 10.3 Å². The number of benzene rings is 2. The number of nitrogen functional groups attached to an aromatic ring is 1. The summed E-state index contributed by atoms with van der Waals surface area (Å²) in [6.07, 6.45) is 0. The first-order valence-corrected chi connectivity index (χ1v) is 6.10. The minimum Gasteiger partial charge on any atom is -0.399 e. The normalized spacial score (nSPS) is 10.7. The van der Waals surface area contributed by atoms with E-state index in [1.54, 1.807) is 6.07 Å². The largest absolute Gasteiger partial charge is 0.399 e. The zero-order valence-electron chi connectivity index (χ0n) is 10.8. The Morgan fingerprint density at radius 2 is 1.90 bits per heavy atom. The molecule has 0 saturated heterocycles. The molecule has 0 fully saturated rings. The lowest BCUT2D eigenvalue weighted by Crippen LogP contribution is -1.90. The molecule has 3 rings (SSSR count). The number of nitrogens with zero attached hydrogens (tertiary/aromatic N) is 2. The topological polar surface area (TPSA) is 64.9 Å². The lowest BCUT2D eigenvalue weighted by Gasteiger charge is -1.99. The first-order chi connectivity index (χ1) is 9.65. The number of hydrogen-bond donors (Lipinski definition) is 1. The van der Waals surface area contributed by atoms with Gasteiger partial charge in [0.2, 0.25) is 5.82 Å². The smallest absolute Gasteiger partial charge is 0.261 e. The third-order valence-electron chi connectivity index (χ3n) is 3.04. The SMILES string of the molecule is Cc1ccccc1-c1noc(-c2ccc(N)cc2F)n1. The quantitative estimate of drug-likeness (QED) is 0.724. The molecule has 1 aromatic heterocycles. The van der Waals surface area contributed by atoms with Crippen molar-refractivity contribution in [3.63, 3.8) is 0 Å². The van der Waals surface area contributed by atoms with Crippen LogP contribution in [0.2, 0.25) is 0 Å². The van der Waals surface area contributed by atoms with Gasteiger partial charge < -0.3 is 10.3 Å². The van der Waals surface area contributed by atoms with E-state index in [2.05, 4.69) is 10.1 Å². The van der Waals surface area contributed by atoms with Gasteiger partial charge in [0.15, 0.2) is 0 Å². The van der Waals surface area contributed by atoms with Crippen LogP contribution in [0.15, 0.2) is 47.0 Å². The minimum atomic E-state index is -0.481. The Balaban J connectivity index is 2.04. The van der Waals surface area contributed by atoms with Crippen molar-refractivity contribution in [3.05, 3.63) is 53.8 Å². The van der Waals surface area contributed by atoms with Crippen LogP contribution in [0.4, 0.5) is 10.1 Å². The van der Waals surface area contributed by atoms with Crippen molar-refractivity contribution in [3.8, 4) is 22.8 Å². The summed E-state index contributed by atoms with van der Waals surface area (Å²) in [5, 5.41) is 3.90. The van der Waals surface area contributed by atoms with Crippen molar-refractivity contribution in [2.75, 3.05) is 5.73 Å². The summed E-state index contributed by atoms with van der Waals surface area (Å²) < 4.78 is 19.0. The molecule has 0 bridgehead atoms. The fourth-order valence-corrected chi connectivity index (χ4v) is 1.97. The van der Waals surface area contributed by atoms with E-state index < -0.39 is 5.82 Å². The maximum Gasteiger partial charge on any atom is 0.261 e. The summed E-state index contributed by atoms with van der Waals surface area (Å²) in [6, 6.07) is 12.0. The van der Waals surface area contributed by atoms with Gasteiger partial charge in [-0.25, -0.2) is 4.39 Å². The molecule has 100 valence electrons. The molecule has 0 aliphatic carbocycles. The predicted molar refractivity (Wildman–Crippen MR) is 74.3 cm³/mol. The van der Waals surface area contributed by atoms with Crippen molar-refractivity contribution in [1.29, 1.82) is 0 Å². The van der Waals surface area contributed by atoms with Crippen molar-refractivity contribution < 1.29 is 8.91 Å². The molecule has 0 radical (unpaired) electrons. The summed E-state index contributed by atoms with van der Waals surface area (Å²) in [4.78, 5) is 4.24. The second-order valence-electron chi connectivity index (χ2n) is 4.48. The van der Waals surface area contributed by atoms with Crippen LogP contribution < -0.4 is 5.73 Å². The van der Waals surface area contributed by atoms with Crippen LogP contribution in [-0.2, 0) is 0 Å². The highest BCUT2D eigenvalue weighted by atomic mass is 19.1. The third kappa shape index (κ3) is 2.14. The molecule has 3 aromatic rings. The Kier molecular flexibility index (Phi) is 2.95. The standard InChI is InChI=1S/C15H12FN3O/c1-9-4-2-3-5-11(9)14-18-15(20-19-14)12-7-6-10(17)8-13(12)16/h2-8H,17H2,1H3. The number of anilines is 1. The van der Waals surface area contributed by atoms with Gasteiger partial charge in [-0.15, -0.1) is 0 Å². The van der Waals surface area contributed by atoms with Crippen molar-refractivity contribution in [2.24, 2.45) is 0 Å². The van der Waals surface area contributed by atoms with Gasteiger partial charge in [-0.1, -0.05) is 29.4 Å². The van der Waals surface area contributed by atoms with Gasteiger partial charge in [0.05, 0.1) is 5.56 Å². The Bertz CT molecular complexity index is 767. The molecule has 0 spiro atoms. The molecule has 0 aliphatic heterocycles. The summed E-state index contributed by atoms with van der Waals surface area (Å²) in [5.74, 6) is 0.0973. The molecule has 0 aliphatic rings. The number of nitrogens with two attached hydrogens (primary N) is 1. The van der Waals surface area contributed by atoms with Crippen LogP contribution in [0, 0.1) is 12.7 Å². The molecule has 2 N–H and O–H groups in total. The zero-order valence-corrected chi connectivity index (χ0v) is 10.8. The van der Waals surface area contributed by atoms with E-state index in [1.165, 1.54) is 12.1 Å². The van der Waals surface area contributed by atoms with Gasteiger partial charge in [0, 0.05) is 11.3 Å². The maximum absolute atomic E-state index is 13.8. The first kappa shape index (κ1) is 12.3. The number of rotatable bonds is 2. The van der Waals surface area contributed by atoms with Crippen molar-refractivity contribution >= 4 is 5.69 Å². The molecule has 1 heterocycles. The van der Waals surface area contributed by atoms with Crippen LogP contribution in [0.3, 0.4) is 0 Å². The van der Waals surface area contributed by atoms with E-state index in [0.717, 1.165) is 11.1 Å². The van der Waals surface area contributed by atoms with Crippen LogP contribution >= 0.6 is 0 Å². The second-order valence-corrected chi connectivity index (χ2v) is 4.48. The van der Waals surface area contributed by atoms with E-state index in [1.807, 2.05) is 31.2 Å². The Morgan fingerprint density at radius 1 is 1.10 bits per heavy atom. The fourth-order valence-electron chi connectivity index (χ4n) is 1.97. The number of aromatic nitrogens is 2. The monoisotopic (exact) mass is 269 g/mol. The van der Waals surface area contributed by atoms with E-state index in [0.29, 0.717) is 11.5 Å². The molecule has 2 aromatic carbocycles. The van der Waals surface area contributed by atoms with E-state index >= 15 is 0 Å². The third-order valence-corrected chi connectivity index (χ3v) is 3.04. The zero-order chi connectivity index (χ0) is 14.1. The van der Waals surface area contributed by atoms with Crippen molar-refractivity contribution in [2.45, 2.75) is 6.92 Å². The first-order valence-electron chi connectivity index (χ1n) is 6.10. The summed E-state index contributed by atoms with van der Waals surface area (Å²) in [5.41, 5.74) is 7.99. The average molecular weight is 269 g/mol. The van der Waals surface area contributed by atoms with E-state index in [9.17, 15) is 4.39 Å². The Labute approximate surface area is 115 Å². The molecule has 20 heavy (non-hydrogen) atoms.